The molecule has 2 amide bonds. The van der Waals surface area contributed by atoms with Gasteiger partial charge in [0, 0.05) is 39.9 Å². The van der Waals surface area contributed by atoms with Gasteiger partial charge in [0.1, 0.15) is 0 Å². The van der Waals surface area contributed by atoms with Gasteiger partial charge in [-0.3, -0.25) is 9.59 Å². The van der Waals surface area contributed by atoms with Crippen molar-refractivity contribution >= 4 is 28.8 Å². The van der Waals surface area contributed by atoms with Crippen molar-refractivity contribution in [1.29, 1.82) is 0 Å². The maximum absolute atomic E-state index is 12.5. The third-order valence-electron chi connectivity index (χ3n) is 4.32. The van der Waals surface area contributed by atoms with Gasteiger partial charge in [-0.15, -0.1) is 11.3 Å². The van der Waals surface area contributed by atoms with E-state index in [2.05, 4.69) is 29.7 Å². The number of carbonyl (C=O) groups is 2. The molecule has 0 bridgehead atoms. The van der Waals surface area contributed by atoms with E-state index in [-0.39, 0.29) is 17.7 Å². The van der Waals surface area contributed by atoms with Crippen molar-refractivity contribution in [3.63, 3.8) is 0 Å². The average Bonchev–Trinajstić information content (AvgIpc) is 3.23. The molecule has 5 heteroatoms. The molecule has 1 aromatic carbocycles. The topological polar surface area (TPSA) is 58.2 Å². The van der Waals surface area contributed by atoms with Gasteiger partial charge < -0.3 is 10.6 Å². The van der Waals surface area contributed by atoms with Gasteiger partial charge in [0.15, 0.2) is 0 Å². The highest BCUT2D eigenvalue weighted by molar-refractivity contribution is 7.12. The number of nitrogens with one attached hydrogen (secondary N) is 2. The first kappa shape index (κ1) is 15.7. The van der Waals surface area contributed by atoms with E-state index < -0.39 is 0 Å². The Hall–Kier alpha value is -2.14. The van der Waals surface area contributed by atoms with Gasteiger partial charge in [-0.05, 0) is 50.1 Å². The minimum atomic E-state index is -0.142. The number of thiophene rings is 1. The van der Waals surface area contributed by atoms with Crippen LogP contribution in [0.5, 0.6) is 0 Å². The lowest BCUT2D eigenvalue weighted by Crippen LogP contribution is -2.21. The Morgan fingerprint density at radius 2 is 1.96 bits per heavy atom. The minimum absolute atomic E-state index is 0.0381. The maximum Gasteiger partial charge on any atom is 0.251 e. The van der Waals surface area contributed by atoms with E-state index in [1.807, 2.05) is 13.0 Å². The van der Waals surface area contributed by atoms with Gasteiger partial charge in [-0.1, -0.05) is 6.07 Å². The molecule has 0 unspecified atom stereocenters. The third-order valence-corrected chi connectivity index (χ3v) is 5.45. The summed E-state index contributed by atoms with van der Waals surface area (Å²) in [5.41, 5.74) is 2.10. The number of benzene rings is 1. The van der Waals surface area contributed by atoms with Gasteiger partial charge in [-0.25, -0.2) is 0 Å². The Morgan fingerprint density at radius 3 is 2.61 bits per heavy atom. The lowest BCUT2D eigenvalue weighted by molar-refractivity contribution is -0.117. The Balaban J connectivity index is 1.71. The van der Waals surface area contributed by atoms with E-state index >= 15 is 0 Å². The van der Waals surface area contributed by atoms with Crippen molar-refractivity contribution in [3.05, 3.63) is 51.2 Å². The van der Waals surface area contributed by atoms with Gasteiger partial charge in [0.05, 0.1) is 0 Å². The van der Waals surface area contributed by atoms with Crippen LogP contribution < -0.4 is 10.6 Å². The molecule has 2 N–H and O–H groups in total. The van der Waals surface area contributed by atoms with Crippen LogP contribution in [-0.4, -0.2) is 18.9 Å². The maximum atomic E-state index is 12.5. The molecule has 1 aliphatic rings. The molecule has 4 nitrogen and oxygen atoms in total. The summed E-state index contributed by atoms with van der Waals surface area (Å²) in [7, 11) is 1.60. The van der Waals surface area contributed by atoms with E-state index in [9.17, 15) is 9.59 Å². The van der Waals surface area contributed by atoms with Crippen LogP contribution in [0.4, 0.5) is 5.69 Å². The Bertz CT molecular complexity index is 766. The molecule has 0 saturated heterocycles. The Kier molecular flexibility index (Phi) is 4.22. The fourth-order valence-electron chi connectivity index (χ4n) is 2.83. The van der Waals surface area contributed by atoms with Crippen molar-refractivity contribution < 1.29 is 9.59 Å². The molecule has 0 spiro atoms. The van der Waals surface area contributed by atoms with E-state index in [0.29, 0.717) is 17.2 Å². The number of hydrogen-bond acceptors (Lipinski definition) is 3. The molecular weight excluding hydrogens is 308 g/mol. The van der Waals surface area contributed by atoms with Crippen LogP contribution in [0.1, 0.15) is 38.0 Å². The van der Waals surface area contributed by atoms with Crippen molar-refractivity contribution in [2.75, 3.05) is 12.4 Å². The van der Waals surface area contributed by atoms with Crippen molar-refractivity contribution in [1.82, 2.24) is 5.32 Å². The number of rotatable bonds is 4. The summed E-state index contributed by atoms with van der Waals surface area (Å²) < 4.78 is 0. The van der Waals surface area contributed by atoms with Crippen LogP contribution in [0.15, 0.2) is 30.3 Å². The normalized spacial score (nSPS) is 19.3. The number of aryl methyl sites for hydroxylation is 1. The zero-order valence-electron chi connectivity index (χ0n) is 13.5. The molecule has 3 rings (SSSR count). The highest BCUT2D eigenvalue weighted by atomic mass is 32.1. The monoisotopic (exact) mass is 328 g/mol. The molecule has 2 atom stereocenters. The van der Waals surface area contributed by atoms with Crippen LogP contribution in [0.2, 0.25) is 0 Å². The summed E-state index contributed by atoms with van der Waals surface area (Å²) in [5.74, 6) is 0.280. The third kappa shape index (κ3) is 3.15. The summed E-state index contributed by atoms with van der Waals surface area (Å²) in [4.78, 5) is 26.9. The van der Waals surface area contributed by atoms with E-state index in [1.165, 1.54) is 9.75 Å². The molecular formula is C18H20N2O2S. The average molecular weight is 328 g/mol. The molecule has 1 aliphatic carbocycles. The predicted octanol–water partition coefficient (Wildman–Crippen LogP) is 3.47. The summed E-state index contributed by atoms with van der Waals surface area (Å²) in [6.45, 7) is 3.94. The molecule has 0 aliphatic heterocycles. The fraction of sp³-hybridized carbons (Fsp3) is 0.333. The largest absolute Gasteiger partial charge is 0.355 e. The molecule has 2 aromatic rings. The smallest absolute Gasteiger partial charge is 0.251 e. The summed E-state index contributed by atoms with van der Waals surface area (Å²) >= 11 is 1.77. The first-order valence-corrected chi connectivity index (χ1v) is 8.51. The Morgan fingerprint density at radius 1 is 1.17 bits per heavy atom. The number of amides is 2. The second-order valence-electron chi connectivity index (χ2n) is 5.94. The molecule has 1 heterocycles. The molecule has 1 fully saturated rings. The number of hydrogen-bond donors (Lipinski definition) is 2. The first-order chi connectivity index (χ1) is 11.0. The fourth-order valence-corrected chi connectivity index (χ4v) is 3.88. The molecule has 1 aromatic heterocycles. The zero-order chi connectivity index (χ0) is 16.6. The van der Waals surface area contributed by atoms with Crippen molar-refractivity contribution in [2.45, 2.75) is 26.2 Å². The van der Waals surface area contributed by atoms with Crippen molar-refractivity contribution in [3.8, 4) is 0 Å². The second-order valence-corrected chi connectivity index (χ2v) is 7.26. The lowest BCUT2D eigenvalue weighted by atomic mass is 10.1. The van der Waals surface area contributed by atoms with Crippen molar-refractivity contribution in [2.24, 2.45) is 5.92 Å². The van der Waals surface area contributed by atoms with Gasteiger partial charge in [0.2, 0.25) is 5.91 Å². The van der Waals surface area contributed by atoms with Gasteiger partial charge >= 0.3 is 0 Å². The molecule has 0 radical (unpaired) electrons. The first-order valence-electron chi connectivity index (χ1n) is 7.70. The number of carbonyl (C=O) groups excluding carboxylic acids is 2. The summed E-state index contributed by atoms with van der Waals surface area (Å²) in [6.07, 6.45) is 0.903. The van der Waals surface area contributed by atoms with Crippen LogP contribution in [-0.2, 0) is 4.79 Å². The van der Waals surface area contributed by atoms with Gasteiger partial charge in [-0.2, -0.15) is 0 Å². The Labute approximate surface area is 139 Å². The van der Waals surface area contributed by atoms with E-state index in [1.54, 1.807) is 30.5 Å². The highest BCUT2D eigenvalue weighted by Crippen LogP contribution is 2.50. The molecule has 120 valence electrons. The van der Waals surface area contributed by atoms with Crippen LogP contribution in [0, 0.1) is 19.8 Å². The predicted molar refractivity (Wildman–Crippen MR) is 93.1 cm³/mol. The van der Waals surface area contributed by atoms with Gasteiger partial charge in [0.25, 0.3) is 5.91 Å². The molecule has 23 heavy (non-hydrogen) atoms. The van der Waals surface area contributed by atoms with E-state index in [4.69, 9.17) is 0 Å². The SMILES string of the molecule is CNC(=O)c1cccc(NC(=O)[C@@H]2C[C@@H]2c2ccc(C)s2)c1C. The van der Waals surface area contributed by atoms with Crippen LogP contribution in [0.25, 0.3) is 0 Å². The number of anilines is 1. The quantitative estimate of drug-likeness (QED) is 0.903. The highest BCUT2D eigenvalue weighted by Gasteiger charge is 2.44. The van der Waals surface area contributed by atoms with Crippen LogP contribution >= 0.6 is 11.3 Å². The second kappa shape index (κ2) is 6.16. The minimum Gasteiger partial charge on any atom is -0.355 e. The molecule has 1 saturated carbocycles. The standard InChI is InChI=1S/C18H20N2O2S/c1-10-7-8-16(23-10)13-9-14(13)18(22)20-15-6-4-5-12(11(15)2)17(21)19-3/h4-8,13-14H,9H2,1-3H3,(H,19,21)(H,20,22)/t13-,14+/m0/s1. The summed E-state index contributed by atoms with van der Waals surface area (Å²) in [5, 5.41) is 5.60. The van der Waals surface area contributed by atoms with E-state index in [0.717, 1.165) is 12.0 Å². The summed E-state index contributed by atoms with van der Waals surface area (Å²) in [6, 6.07) is 9.62. The lowest BCUT2D eigenvalue weighted by Gasteiger charge is -2.11. The zero-order valence-corrected chi connectivity index (χ0v) is 14.3. The van der Waals surface area contributed by atoms with Crippen LogP contribution in [0.3, 0.4) is 0 Å².